The van der Waals surface area contributed by atoms with Crippen LogP contribution in [-0.4, -0.2) is 0 Å². The van der Waals surface area contributed by atoms with E-state index < -0.39 is 5.92 Å². The van der Waals surface area contributed by atoms with Gasteiger partial charge in [-0.15, -0.1) is 0 Å². The molecule has 0 radical (unpaired) electrons. The fourth-order valence-corrected chi connectivity index (χ4v) is 3.86. The van der Waals surface area contributed by atoms with Crippen molar-refractivity contribution >= 4 is 45.6 Å². The van der Waals surface area contributed by atoms with Crippen LogP contribution in [0.5, 0.6) is 5.75 Å². The third-order valence-corrected chi connectivity index (χ3v) is 5.50. The standard InChI is InChI=1S/C20H11Cl3N2O/c21-15-6-5-10(7-17(15)23)18-13-8-16(22)11-3-1-2-4-12(11)19(13)26-20(25)14(18)9-24/h1-8,18H,25H2/t18-/m1/s1. The first-order chi connectivity index (χ1) is 12.5. The zero-order chi connectivity index (χ0) is 18.4. The second-order valence-electron chi connectivity index (χ2n) is 5.92. The maximum Gasteiger partial charge on any atom is 0.205 e. The maximum atomic E-state index is 9.67. The van der Waals surface area contributed by atoms with Crippen LogP contribution in [0.4, 0.5) is 0 Å². The van der Waals surface area contributed by atoms with Gasteiger partial charge in [0.2, 0.25) is 5.88 Å². The molecule has 1 aliphatic rings. The highest BCUT2D eigenvalue weighted by molar-refractivity contribution is 6.42. The van der Waals surface area contributed by atoms with Crippen molar-refractivity contribution in [1.29, 1.82) is 5.26 Å². The van der Waals surface area contributed by atoms with E-state index in [0.717, 1.165) is 21.9 Å². The smallest absolute Gasteiger partial charge is 0.205 e. The molecule has 6 heteroatoms. The highest BCUT2D eigenvalue weighted by Gasteiger charge is 2.32. The third kappa shape index (κ3) is 2.59. The lowest BCUT2D eigenvalue weighted by atomic mass is 9.82. The summed E-state index contributed by atoms with van der Waals surface area (Å²) in [5.41, 5.74) is 7.93. The second-order valence-corrected chi connectivity index (χ2v) is 7.14. The minimum absolute atomic E-state index is 0.0727. The summed E-state index contributed by atoms with van der Waals surface area (Å²) in [7, 11) is 0. The Morgan fingerprint density at radius 3 is 2.35 bits per heavy atom. The van der Waals surface area contributed by atoms with Crippen molar-refractivity contribution in [2.45, 2.75) is 5.92 Å². The molecule has 4 rings (SSSR count). The highest BCUT2D eigenvalue weighted by Crippen LogP contribution is 2.47. The highest BCUT2D eigenvalue weighted by atomic mass is 35.5. The summed E-state index contributed by atoms with van der Waals surface area (Å²) in [5.74, 6) is 0.224. The van der Waals surface area contributed by atoms with E-state index in [-0.39, 0.29) is 5.88 Å². The van der Waals surface area contributed by atoms with Gasteiger partial charge in [0.15, 0.2) is 0 Å². The van der Waals surface area contributed by atoms with Gasteiger partial charge in [0.1, 0.15) is 17.4 Å². The van der Waals surface area contributed by atoms with Crippen molar-refractivity contribution in [3.05, 3.63) is 86.2 Å². The van der Waals surface area contributed by atoms with Crippen LogP contribution in [0.15, 0.2) is 60.0 Å². The zero-order valence-electron chi connectivity index (χ0n) is 13.3. The van der Waals surface area contributed by atoms with E-state index in [1.54, 1.807) is 12.1 Å². The molecule has 1 atom stereocenters. The molecule has 0 unspecified atom stereocenters. The number of halogens is 3. The van der Waals surface area contributed by atoms with E-state index >= 15 is 0 Å². The lowest BCUT2D eigenvalue weighted by Gasteiger charge is -2.28. The summed E-state index contributed by atoms with van der Waals surface area (Å²) in [4.78, 5) is 0. The Bertz CT molecular complexity index is 1130. The van der Waals surface area contributed by atoms with Gasteiger partial charge in [-0.3, -0.25) is 0 Å². The first-order valence-corrected chi connectivity index (χ1v) is 8.88. The van der Waals surface area contributed by atoms with Gasteiger partial charge in [0.05, 0.1) is 16.0 Å². The monoisotopic (exact) mass is 400 g/mol. The molecule has 3 nitrogen and oxygen atoms in total. The molecule has 1 heterocycles. The molecule has 0 amide bonds. The van der Waals surface area contributed by atoms with Crippen molar-refractivity contribution < 1.29 is 4.74 Å². The minimum Gasteiger partial charge on any atom is -0.440 e. The van der Waals surface area contributed by atoms with Gasteiger partial charge < -0.3 is 10.5 Å². The molecule has 0 saturated carbocycles. The zero-order valence-corrected chi connectivity index (χ0v) is 15.5. The first-order valence-electron chi connectivity index (χ1n) is 7.75. The molecule has 3 aromatic carbocycles. The largest absolute Gasteiger partial charge is 0.440 e. The quantitative estimate of drug-likeness (QED) is 0.542. The Morgan fingerprint density at radius 2 is 1.65 bits per heavy atom. The molecule has 0 aliphatic carbocycles. The summed E-state index contributed by atoms with van der Waals surface area (Å²) < 4.78 is 5.83. The SMILES string of the molecule is N#CC1=C(N)Oc2c(cc(Cl)c3ccccc23)[C@H]1c1ccc(Cl)c(Cl)c1. The van der Waals surface area contributed by atoms with Crippen LogP contribution in [0.3, 0.4) is 0 Å². The number of ether oxygens (including phenoxy) is 1. The van der Waals surface area contributed by atoms with Gasteiger partial charge in [0, 0.05) is 21.4 Å². The second kappa shape index (κ2) is 6.41. The molecular formula is C20H11Cl3N2O. The fourth-order valence-electron chi connectivity index (χ4n) is 3.27. The number of nitriles is 1. The van der Waals surface area contributed by atoms with Crippen LogP contribution in [0.25, 0.3) is 10.8 Å². The average Bonchev–Trinajstić information content (AvgIpc) is 2.64. The summed E-state index contributed by atoms with van der Waals surface area (Å²) in [6.45, 7) is 0. The Morgan fingerprint density at radius 1 is 0.923 bits per heavy atom. The predicted molar refractivity (Wildman–Crippen MR) is 105 cm³/mol. The number of rotatable bonds is 1. The van der Waals surface area contributed by atoms with Crippen molar-refractivity contribution in [2.24, 2.45) is 5.73 Å². The molecule has 0 fully saturated rings. The van der Waals surface area contributed by atoms with E-state index in [9.17, 15) is 5.26 Å². The molecule has 128 valence electrons. The summed E-state index contributed by atoms with van der Waals surface area (Å²) in [6, 6.07) is 16.8. The van der Waals surface area contributed by atoms with Crippen molar-refractivity contribution in [3.8, 4) is 11.8 Å². The lowest BCUT2D eigenvalue weighted by Crippen LogP contribution is -2.21. The molecule has 0 spiro atoms. The summed E-state index contributed by atoms with van der Waals surface area (Å²) >= 11 is 18.7. The number of benzene rings is 3. The molecule has 3 aromatic rings. The van der Waals surface area contributed by atoms with Crippen LogP contribution in [0.2, 0.25) is 15.1 Å². The molecule has 0 aromatic heterocycles. The Hall–Kier alpha value is -2.38. The van der Waals surface area contributed by atoms with Crippen molar-refractivity contribution in [2.75, 3.05) is 0 Å². The summed E-state index contributed by atoms with van der Waals surface area (Å²) in [5, 5.41) is 12.8. The van der Waals surface area contributed by atoms with E-state index in [1.165, 1.54) is 0 Å². The number of hydrogen-bond acceptors (Lipinski definition) is 3. The maximum absolute atomic E-state index is 9.67. The van der Waals surface area contributed by atoms with Crippen LogP contribution >= 0.6 is 34.8 Å². The molecule has 2 N–H and O–H groups in total. The number of hydrogen-bond donors (Lipinski definition) is 1. The molecule has 0 saturated heterocycles. The Labute approximate surface area is 165 Å². The third-order valence-electron chi connectivity index (χ3n) is 4.45. The van der Waals surface area contributed by atoms with Gasteiger partial charge in [-0.1, -0.05) is 65.1 Å². The van der Waals surface area contributed by atoms with Gasteiger partial charge in [-0.05, 0) is 23.8 Å². The number of nitrogens with zero attached hydrogens (tertiary/aromatic N) is 1. The van der Waals surface area contributed by atoms with Crippen LogP contribution < -0.4 is 10.5 Å². The van der Waals surface area contributed by atoms with Crippen molar-refractivity contribution in [3.63, 3.8) is 0 Å². The van der Waals surface area contributed by atoms with Crippen LogP contribution in [-0.2, 0) is 0 Å². The van der Waals surface area contributed by atoms with Gasteiger partial charge in [0.25, 0.3) is 0 Å². The summed E-state index contributed by atoms with van der Waals surface area (Å²) in [6.07, 6.45) is 0. The number of allylic oxidation sites excluding steroid dienone is 1. The first kappa shape index (κ1) is 17.1. The topological polar surface area (TPSA) is 59.0 Å². The van der Waals surface area contributed by atoms with Gasteiger partial charge >= 0.3 is 0 Å². The van der Waals surface area contributed by atoms with E-state index in [1.807, 2.05) is 36.4 Å². The predicted octanol–water partition coefficient (Wildman–Crippen LogP) is 6.02. The van der Waals surface area contributed by atoms with Crippen LogP contribution in [0, 0.1) is 11.3 Å². The number of fused-ring (bicyclic) bond motifs is 3. The minimum atomic E-state index is -0.444. The Kier molecular flexibility index (Phi) is 4.20. The molecule has 0 bridgehead atoms. The molecule has 1 aliphatic heterocycles. The number of nitrogens with two attached hydrogens (primary N) is 1. The van der Waals surface area contributed by atoms with E-state index in [4.69, 9.17) is 45.3 Å². The fraction of sp³-hybridized carbons (Fsp3) is 0.0500. The lowest BCUT2D eigenvalue weighted by molar-refractivity contribution is 0.398. The average molecular weight is 402 g/mol. The van der Waals surface area contributed by atoms with E-state index in [0.29, 0.717) is 26.4 Å². The van der Waals surface area contributed by atoms with Gasteiger partial charge in [-0.2, -0.15) is 5.26 Å². The van der Waals surface area contributed by atoms with Crippen molar-refractivity contribution in [1.82, 2.24) is 0 Å². The van der Waals surface area contributed by atoms with E-state index in [2.05, 4.69) is 6.07 Å². The Balaban J connectivity index is 2.05. The molecule has 26 heavy (non-hydrogen) atoms. The van der Waals surface area contributed by atoms with Crippen LogP contribution in [0.1, 0.15) is 17.0 Å². The van der Waals surface area contributed by atoms with Gasteiger partial charge in [-0.25, -0.2) is 0 Å². The normalized spacial score (nSPS) is 16.2. The molecular weight excluding hydrogens is 391 g/mol.